The quantitative estimate of drug-likeness (QED) is 0.729. The molecule has 17 heavy (non-hydrogen) atoms. The minimum absolute atomic E-state index is 0.143. The number of halogens is 1. The van der Waals surface area contributed by atoms with Crippen LogP contribution in [0.25, 0.3) is 0 Å². The zero-order valence-electron chi connectivity index (χ0n) is 9.35. The summed E-state index contributed by atoms with van der Waals surface area (Å²) in [6.07, 6.45) is 0.143. The summed E-state index contributed by atoms with van der Waals surface area (Å²) < 4.78 is 17.4. The van der Waals surface area contributed by atoms with Crippen LogP contribution in [0.3, 0.4) is 0 Å². The van der Waals surface area contributed by atoms with E-state index in [1.54, 1.807) is 0 Å². The van der Waals surface area contributed by atoms with Crippen LogP contribution >= 0.6 is 0 Å². The summed E-state index contributed by atoms with van der Waals surface area (Å²) in [5.41, 5.74) is 0.600. The van der Waals surface area contributed by atoms with E-state index in [0.717, 1.165) is 0 Å². The summed E-state index contributed by atoms with van der Waals surface area (Å²) in [7, 11) is 1.30. The van der Waals surface area contributed by atoms with Crippen molar-refractivity contribution in [2.45, 2.75) is 6.42 Å². The average molecular weight is 237 g/mol. The number of carbonyl (C=O) groups is 2. The van der Waals surface area contributed by atoms with Crippen LogP contribution in [-0.4, -0.2) is 25.5 Å². The van der Waals surface area contributed by atoms with Gasteiger partial charge < -0.3 is 9.64 Å². The number of esters is 1. The van der Waals surface area contributed by atoms with Gasteiger partial charge in [0.05, 0.1) is 13.0 Å². The molecule has 5 heteroatoms. The van der Waals surface area contributed by atoms with E-state index in [-0.39, 0.29) is 30.7 Å². The number of benzene rings is 1. The van der Waals surface area contributed by atoms with Gasteiger partial charge in [-0.15, -0.1) is 0 Å². The first-order chi connectivity index (χ1) is 8.11. The maximum atomic E-state index is 12.8. The van der Waals surface area contributed by atoms with E-state index in [0.29, 0.717) is 5.69 Å². The molecule has 1 aromatic rings. The van der Waals surface area contributed by atoms with Crippen LogP contribution in [0.4, 0.5) is 10.1 Å². The van der Waals surface area contributed by atoms with Crippen LogP contribution in [0.15, 0.2) is 24.3 Å². The van der Waals surface area contributed by atoms with Gasteiger partial charge in [-0.3, -0.25) is 9.59 Å². The molecule has 1 saturated heterocycles. The van der Waals surface area contributed by atoms with Crippen LogP contribution in [0.1, 0.15) is 6.42 Å². The summed E-state index contributed by atoms with van der Waals surface area (Å²) in [5.74, 6) is -1.32. The molecular weight excluding hydrogens is 225 g/mol. The molecular formula is C12H12FNO3. The zero-order valence-corrected chi connectivity index (χ0v) is 9.35. The first-order valence-corrected chi connectivity index (χ1v) is 5.25. The summed E-state index contributed by atoms with van der Waals surface area (Å²) in [6, 6.07) is 5.61. The SMILES string of the molecule is COC(=O)C1CC(=O)N(c2ccc(F)cc2)C1. The fourth-order valence-corrected chi connectivity index (χ4v) is 1.90. The number of amides is 1. The smallest absolute Gasteiger partial charge is 0.311 e. The van der Waals surface area contributed by atoms with Crippen molar-refractivity contribution in [1.29, 1.82) is 0 Å². The molecule has 1 amide bonds. The Hall–Kier alpha value is -1.91. The number of hydrogen-bond donors (Lipinski definition) is 0. The van der Waals surface area contributed by atoms with Crippen LogP contribution < -0.4 is 4.90 Å². The molecule has 0 radical (unpaired) electrons. The lowest BCUT2D eigenvalue weighted by molar-refractivity contribution is -0.145. The highest BCUT2D eigenvalue weighted by Gasteiger charge is 2.35. The Labute approximate surface area is 98.0 Å². The number of methoxy groups -OCH3 is 1. The summed E-state index contributed by atoms with van der Waals surface area (Å²) in [6.45, 7) is 0.289. The van der Waals surface area contributed by atoms with Crippen LogP contribution in [0, 0.1) is 11.7 Å². The lowest BCUT2D eigenvalue weighted by atomic mass is 10.1. The minimum atomic E-state index is -0.433. The summed E-state index contributed by atoms with van der Waals surface area (Å²) >= 11 is 0. The molecule has 4 nitrogen and oxygen atoms in total. The van der Waals surface area contributed by atoms with Gasteiger partial charge in [-0.2, -0.15) is 0 Å². The first kappa shape index (κ1) is 11.6. The van der Waals surface area contributed by atoms with Crippen LogP contribution in [0.5, 0.6) is 0 Å². The van der Waals surface area contributed by atoms with Crippen LogP contribution in [0.2, 0.25) is 0 Å². The number of anilines is 1. The highest BCUT2D eigenvalue weighted by atomic mass is 19.1. The van der Waals surface area contributed by atoms with Gasteiger partial charge in [-0.1, -0.05) is 0 Å². The van der Waals surface area contributed by atoms with Gasteiger partial charge in [0.1, 0.15) is 5.82 Å². The van der Waals surface area contributed by atoms with E-state index in [4.69, 9.17) is 0 Å². The molecule has 0 saturated carbocycles. The third kappa shape index (κ3) is 2.27. The maximum Gasteiger partial charge on any atom is 0.311 e. The standard InChI is InChI=1S/C12H12FNO3/c1-17-12(16)8-6-11(15)14(7-8)10-4-2-9(13)3-5-10/h2-5,8H,6-7H2,1H3. The Balaban J connectivity index is 2.15. The van der Waals surface area contributed by atoms with E-state index in [1.165, 1.54) is 36.3 Å². The van der Waals surface area contributed by atoms with Crippen molar-refractivity contribution in [2.75, 3.05) is 18.6 Å². The minimum Gasteiger partial charge on any atom is -0.469 e. The van der Waals surface area contributed by atoms with Crippen molar-refractivity contribution < 1.29 is 18.7 Å². The van der Waals surface area contributed by atoms with E-state index in [1.807, 2.05) is 0 Å². The first-order valence-electron chi connectivity index (χ1n) is 5.25. The number of rotatable bonds is 2. The fraction of sp³-hybridized carbons (Fsp3) is 0.333. The van der Waals surface area contributed by atoms with Gasteiger partial charge in [0.2, 0.25) is 5.91 Å². The van der Waals surface area contributed by atoms with Gasteiger partial charge >= 0.3 is 5.97 Å². The molecule has 0 spiro atoms. The molecule has 1 aliphatic rings. The zero-order chi connectivity index (χ0) is 12.4. The largest absolute Gasteiger partial charge is 0.469 e. The number of nitrogens with zero attached hydrogens (tertiary/aromatic N) is 1. The topological polar surface area (TPSA) is 46.6 Å². The average Bonchev–Trinajstić information content (AvgIpc) is 2.71. The highest BCUT2D eigenvalue weighted by Crippen LogP contribution is 2.25. The molecule has 2 rings (SSSR count). The van der Waals surface area contributed by atoms with E-state index in [2.05, 4.69) is 4.74 Å². The van der Waals surface area contributed by atoms with Crippen molar-refractivity contribution >= 4 is 17.6 Å². The summed E-state index contributed by atoms with van der Waals surface area (Å²) in [5, 5.41) is 0. The Morgan fingerprint density at radius 1 is 1.41 bits per heavy atom. The van der Waals surface area contributed by atoms with Crippen molar-refractivity contribution in [1.82, 2.24) is 0 Å². The van der Waals surface area contributed by atoms with Crippen molar-refractivity contribution in [3.8, 4) is 0 Å². The summed E-state index contributed by atoms with van der Waals surface area (Å²) in [4.78, 5) is 24.5. The fourth-order valence-electron chi connectivity index (χ4n) is 1.90. The number of carbonyl (C=O) groups excluding carboxylic acids is 2. The highest BCUT2D eigenvalue weighted by molar-refractivity contribution is 5.99. The molecule has 1 aliphatic heterocycles. The third-order valence-corrected chi connectivity index (χ3v) is 2.80. The van der Waals surface area contributed by atoms with Gasteiger partial charge in [0.15, 0.2) is 0 Å². The predicted molar refractivity (Wildman–Crippen MR) is 58.9 cm³/mol. The van der Waals surface area contributed by atoms with Crippen molar-refractivity contribution in [2.24, 2.45) is 5.92 Å². The van der Waals surface area contributed by atoms with Gasteiger partial charge in [0.25, 0.3) is 0 Å². The van der Waals surface area contributed by atoms with Crippen LogP contribution in [-0.2, 0) is 14.3 Å². The van der Waals surface area contributed by atoms with E-state index < -0.39 is 5.92 Å². The van der Waals surface area contributed by atoms with Crippen molar-refractivity contribution in [3.05, 3.63) is 30.1 Å². The Kier molecular flexibility index (Phi) is 3.08. The Bertz CT molecular complexity index is 444. The Morgan fingerprint density at radius 2 is 2.06 bits per heavy atom. The molecule has 1 atom stereocenters. The Morgan fingerprint density at radius 3 is 2.65 bits per heavy atom. The van der Waals surface area contributed by atoms with Gasteiger partial charge in [0, 0.05) is 18.7 Å². The lowest BCUT2D eigenvalue weighted by Gasteiger charge is -2.16. The molecule has 1 aromatic carbocycles. The van der Waals surface area contributed by atoms with Gasteiger partial charge in [-0.05, 0) is 24.3 Å². The second-order valence-corrected chi connectivity index (χ2v) is 3.90. The van der Waals surface area contributed by atoms with Crippen molar-refractivity contribution in [3.63, 3.8) is 0 Å². The predicted octanol–water partition coefficient (Wildman–Crippen LogP) is 1.35. The lowest BCUT2D eigenvalue weighted by Crippen LogP contribution is -2.26. The second kappa shape index (κ2) is 4.53. The molecule has 1 unspecified atom stereocenters. The molecule has 1 heterocycles. The van der Waals surface area contributed by atoms with E-state index >= 15 is 0 Å². The van der Waals surface area contributed by atoms with Gasteiger partial charge in [-0.25, -0.2) is 4.39 Å². The third-order valence-electron chi connectivity index (χ3n) is 2.80. The maximum absolute atomic E-state index is 12.8. The normalized spacial score (nSPS) is 19.5. The molecule has 1 fully saturated rings. The van der Waals surface area contributed by atoms with E-state index in [9.17, 15) is 14.0 Å². The molecule has 90 valence electrons. The monoisotopic (exact) mass is 237 g/mol. The molecule has 0 N–H and O–H groups in total. The number of ether oxygens (including phenoxy) is 1. The number of hydrogen-bond acceptors (Lipinski definition) is 3. The molecule has 0 bridgehead atoms. The molecule has 0 aromatic heterocycles. The second-order valence-electron chi connectivity index (χ2n) is 3.90. The molecule has 0 aliphatic carbocycles.